The molecule has 0 aliphatic carbocycles. The molecule has 0 aliphatic rings. The van der Waals surface area contributed by atoms with E-state index in [4.69, 9.17) is 10.5 Å². The second-order valence-corrected chi connectivity index (χ2v) is 7.27. The van der Waals surface area contributed by atoms with Crippen molar-refractivity contribution in [3.05, 3.63) is 45.9 Å². The number of methoxy groups -OCH3 is 1. The molecule has 7 heteroatoms. The molecular formula is C17H17N3O2S2. The van der Waals surface area contributed by atoms with Gasteiger partial charge in [-0.25, -0.2) is 9.97 Å². The van der Waals surface area contributed by atoms with Crippen molar-refractivity contribution in [2.45, 2.75) is 18.5 Å². The molecule has 0 bridgehead atoms. The lowest BCUT2D eigenvalue weighted by molar-refractivity contribution is 0.102. The van der Waals surface area contributed by atoms with Crippen LogP contribution in [-0.4, -0.2) is 28.6 Å². The summed E-state index contributed by atoms with van der Waals surface area (Å²) in [5, 5.41) is 1.69. The number of carbonyl (C=O) groups is 1. The van der Waals surface area contributed by atoms with Gasteiger partial charge in [0.25, 0.3) is 0 Å². The predicted octanol–water partition coefficient (Wildman–Crippen LogP) is 3.44. The van der Waals surface area contributed by atoms with Gasteiger partial charge in [-0.05, 0) is 37.3 Å². The number of hydrogen-bond acceptors (Lipinski definition) is 7. The Morgan fingerprint density at radius 3 is 2.83 bits per heavy atom. The lowest BCUT2D eigenvalue weighted by Gasteiger charge is -2.08. The number of thioether (sulfide) groups is 1. The van der Waals surface area contributed by atoms with Crippen molar-refractivity contribution in [1.29, 1.82) is 0 Å². The average molecular weight is 359 g/mol. The van der Waals surface area contributed by atoms with Crippen molar-refractivity contribution in [3.63, 3.8) is 0 Å². The van der Waals surface area contributed by atoms with Crippen LogP contribution in [0.2, 0.25) is 0 Å². The van der Waals surface area contributed by atoms with Crippen LogP contribution in [0.1, 0.15) is 20.4 Å². The van der Waals surface area contributed by atoms with E-state index >= 15 is 0 Å². The third-order valence-corrected chi connectivity index (χ3v) is 5.60. The van der Waals surface area contributed by atoms with Crippen LogP contribution in [0.5, 0.6) is 5.75 Å². The molecule has 0 aliphatic heterocycles. The first-order valence-corrected chi connectivity index (χ1v) is 9.18. The molecule has 2 heterocycles. The molecule has 1 aromatic carbocycles. The van der Waals surface area contributed by atoms with Gasteiger partial charge in [0.2, 0.25) is 0 Å². The van der Waals surface area contributed by atoms with E-state index in [0.717, 1.165) is 31.4 Å². The minimum absolute atomic E-state index is 0.0806. The molecule has 0 amide bonds. The average Bonchev–Trinajstić information content (AvgIpc) is 3.08. The van der Waals surface area contributed by atoms with E-state index in [1.54, 1.807) is 7.11 Å². The number of hydrogen-bond donors (Lipinski definition) is 1. The number of thiophene rings is 1. The third-order valence-electron chi connectivity index (χ3n) is 3.46. The maximum atomic E-state index is 12.4. The molecule has 0 unspecified atom stereocenters. The Labute approximate surface area is 148 Å². The van der Waals surface area contributed by atoms with E-state index in [1.807, 2.05) is 37.3 Å². The summed E-state index contributed by atoms with van der Waals surface area (Å²) < 4.78 is 5.28. The third kappa shape index (κ3) is 3.58. The number of fused-ring (bicyclic) bond motifs is 1. The second kappa shape index (κ2) is 7.29. The summed E-state index contributed by atoms with van der Waals surface area (Å²) in [5.41, 5.74) is 6.45. The molecule has 3 rings (SSSR count). The van der Waals surface area contributed by atoms with Crippen molar-refractivity contribution < 1.29 is 9.53 Å². The second-order valence-electron chi connectivity index (χ2n) is 5.14. The van der Waals surface area contributed by atoms with Crippen molar-refractivity contribution in [1.82, 2.24) is 9.97 Å². The Morgan fingerprint density at radius 1 is 1.29 bits per heavy atom. The van der Waals surface area contributed by atoms with Gasteiger partial charge in [0.05, 0.1) is 23.3 Å². The van der Waals surface area contributed by atoms with Crippen LogP contribution in [0.25, 0.3) is 10.9 Å². The Balaban J connectivity index is 1.84. The highest BCUT2D eigenvalue weighted by atomic mass is 32.2. The fourth-order valence-corrected chi connectivity index (χ4v) is 4.12. The number of ether oxygens (including phenoxy) is 1. The first kappa shape index (κ1) is 16.9. The normalized spacial score (nSPS) is 11.0. The van der Waals surface area contributed by atoms with Gasteiger partial charge >= 0.3 is 0 Å². The zero-order chi connectivity index (χ0) is 17.1. The van der Waals surface area contributed by atoms with Gasteiger partial charge in [-0.1, -0.05) is 11.8 Å². The number of Topliss-reactive ketones (excluding diaryl/α,β-unsaturated/α-hetero) is 1. The van der Waals surface area contributed by atoms with E-state index in [9.17, 15) is 4.79 Å². The van der Waals surface area contributed by atoms with Crippen LogP contribution in [0, 0.1) is 6.92 Å². The van der Waals surface area contributed by atoms with E-state index in [-0.39, 0.29) is 5.78 Å². The van der Waals surface area contributed by atoms with Gasteiger partial charge in [-0.15, -0.1) is 11.3 Å². The molecule has 0 saturated carbocycles. The van der Waals surface area contributed by atoms with Gasteiger partial charge in [0.15, 0.2) is 5.78 Å². The highest BCUT2D eigenvalue weighted by Gasteiger charge is 2.13. The van der Waals surface area contributed by atoms with Gasteiger partial charge in [0, 0.05) is 16.8 Å². The molecule has 3 aromatic rings. The molecule has 0 spiro atoms. The number of nitrogens with two attached hydrogens (primary N) is 1. The fourth-order valence-electron chi connectivity index (χ4n) is 2.27. The fraction of sp³-hybridized carbons (Fsp3) is 0.235. The van der Waals surface area contributed by atoms with E-state index in [2.05, 4.69) is 9.97 Å². The summed E-state index contributed by atoms with van der Waals surface area (Å²) in [5.74, 6) is 1.84. The molecule has 0 radical (unpaired) electrons. The molecule has 2 N–H and O–H groups in total. The van der Waals surface area contributed by atoms with Gasteiger partial charge < -0.3 is 10.5 Å². The molecule has 5 nitrogen and oxygen atoms in total. The summed E-state index contributed by atoms with van der Waals surface area (Å²) >= 11 is 2.87. The first-order chi connectivity index (χ1) is 11.6. The maximum Gasteiger partial charge on any atom is 0.183 e. The molecule has 0 atom stereocenters. The monoisotopic (exact) mass is 359 g/mol. The Hall–Kier alpha value is -1.96. The number of rotatable bonds is 6. The molecule has 0 fully saturated rings. The number of benzene rings is 1. The summed E-state index contributed by atoms with van der Waals surface area (Å²) in [6, 6.07) is 9.41. The summed E-state index contributed by atoms with van der Waals surface area (Å²) in [4.78, 5) is 23.0. The van der Waals surface area contributed by atoms with Gasteiger partial charge in [-0.2, -0.15) is 0 Å². The molecule has 2 aromatic heterocycles. The highest BCUT2D eigenvalue weighted by Crippen LogP contribution is 2.29. The van der Waals surface area contributed by atoms with E-state index in [1.165, 1.54) is 23.1 Å². The summed E-state index contributed by atoms with van der Waals surface area (Å²) in [6.07, 6.45) is 0. The summed E-state index contributed by atoms with van der Waals surface area (Å²) in [6.45, 7) is 2.31. The standard InChI is InChI=1S/C17H17N3O2S2/c1-10-19-14-5-3-11(22-2)7-13(14)17(20-10)23-9-15(21)16-6-4-12(8-18)24-16/h3-7H,8-9,18H2,1-2H3. The van der Waals surface area contributed by atoms with Crippen molar-refractivity contribution in [2.24, 2.45) is 5.73 Å². The van der Waals surface area contributed by atoms with Crippen molar-refractivity contribution >= 4 is 39.8 Å². The molecular weight excluding hydrogens is 342 g/mol. The minimum Gasteiger partial charge on any atom is -0.497 e. The van der Waals surface area contributed by atoms with Crippen LogP contribution in [0.4, 0.5) is 0 Å². The Kier molecular flexibility index (Phi) is 5.13. The van der Waals surface area contributed by atoms with Crippen LogP contribution in [0.3, 0.4) is 0 Å². The number of aromatic nitrogens is 2. The smallest absolute Gasteiger partial charge is 0.183 e. The Morgan fingerprint density at radius 2 is 2.12 bits per heavy atom. The maximum absolute atomic E-state index is 12.4. The lowest BCUT2D eigenvalue weighted by Crippen LogP contribution is -2.01. The molecule has 24 heavy (non-hydrogen) atoms. The Bertz CT molecular complexity index is 893. The zero-order valence-corrected chi connectivity index (χ0v) is 15.0. The quantitative estimate of drug-likeness (QED) is 0.413. The van der Waals surface area contributed by atoms with Gasteiger partial charge in [0.1, 0.15) is 16.6 Å². The van der Waals surface area contributed by atoms with Crippen molar-refractivity contribution in [2.75, 3.05) is 12.9 Å². The first-order valence-electron chi connectivity index (χ1n) is 7.38. The summed E-state index contributed by atoms with van der Waals surface area (Å²) in [7, 11) is 1.62. The number of ketones is 1. The van der Waals surface area contributed by atoms with E-state index < -0.39 is 0 Å². The highest BCUT2D eigenvalue weighted by molar-refractivity contribution is 8.00. The van der Waals surface area contributed by atoms with Crippen molar-refractivity contribution in [3.8, 4) is 5.75 Å². The van der Waals surface area contributed by atoms with Crippen LogP contribution in [-0.2, 0) is 6.54 Å². The SMILES string of the molecule is COc1ccc2nc(C)nc(SCC(=O)c3ccc(CN)s3)c2c1. The minimum atomic E-state index is 0.0806. The largest absolute Gasteiger partial charge is 0.497 e. The zero-order valence-electron chi connectivity index (χ0n) is 13.4. The molecule has 124 valence electrons. The van der Waals surface area contributed by atoms with Crippen LogP contribution >= 0.6 is 23.1 Å². The predicted molar refractivity (Wildman–Crippen MR) is 98.1 cm³/mol. The van der Waals surface area contributed by atoms with E-state index in [0.29, 0.717) is 18.1 Å². The van der Waals surface area contributed by atoms with Crippen LogP contribution < -0.4 is 10.5 Å². The lowest BCUT2D eigenvalue weighted by atomic mass is 10.2. The van der Waals surface area contributed by atoms with Crippen LogP contribution in [0.15, 0.2) is 35.4 Å². The topological polar surface area (TPSA) is 78.1 Å². The number of carbonyl (C=O) groups excluding carboxylic acids is 1. The number of aryl methyl sites for hydroxylation is 1. The van der Waals surface area contributed by atoms with Gasteiger partial charge in [-0.3, -0.25) is 4.79 Å². The molecule has 0 saturated heterocycles. The number of nitrogens with zero attached hydrogens (tertiary/aromatic N) is 2.